The molecule has 1 aliphatic heterocycles. The van der Waals surface area contributed by atoms with Gasteiger partial charge in [0.25, 0.3) is 5.91 Å². The molecule has 26 heavy (non-hydrogen) atoms. The van der Waals surface area contributed by atoms with Crippen LogP contribution in [0.15, 0.2) is 24.3 Å². The Morgan fingerprint density at radius 3 is 2.81 bits per heavy atom. The molecule has 0 unspecified atom stereocenters. The lowest BCUT2D eigenvalue weighted by molar-refractivity contribution is 0.0765. The molecular formula is C20H26ClN3OS. The maximum Gasteiger partial charge on any atom is 0.265 e. The quantitative estimate of drug-likeness (QED) is 0.739. The van der Waals surface area contributed by atoms with Gasteiger partial charge in [-0.2, -0.15) is 0 Å². The summed E-state index contributed by atoms with van der Waals surface area (Å²) in [7, 11) is 0. The van der Waals surface area contributed by atoms with Gasteiger partial charge in [-0.05, 0) is 38.9 Å². The summed E-state index contributed by atoms with van der Waals surface area (Å²) in [6.07, 6.45) is 3.47. The Balaban J connectivity index is 1.73. The molecule has 0 N–H and O–H groups in total. The van der Waals surface area contributed by atoms with Crippen LogP contribution in [0.25, 0.3) is 10.6 Å². The van der Waals surface area contributed by atoms with Gasteiger partial charge < -0.3 is 9.80 Å². The van der Waals surface area contributed by atoms with E-state index >= 15 is 0 Å². The second kappa shape index (κ2) is 8.98. The maximum absolute atomic E-state index is 13.1. The number of nitrogens with zero attached hydrogens (tertiary/aromatic N) is 3. The lowest BCUT2D eigenvalue weighted by Crippen LogP contribution is -2.35. The number of hydrogen-bond donors (Lipinski definition) is 0. The third-order valence-electron chi connectivity index (χ3n) is 4.80. The van der Waals surface area contributed by atoms with Gasteiger partial charge in [-0.25, -0.2) is 4.98 Å². The van der Waals surface area contributed by atoms with Crippen LogP contribution in [0.3, 0.4) is 0 Å². The monoisotopic (exact) mass is 391 g/mol. The number of halogens is 1. The van der Waals surface area contributed by atoms with Crippen LogP contribution in [0, 0.1) is 6.92 Å². The van der Waals surface area contributed by atoms with Gasteiger partial charge in [0.05, 0.1) is 10.7 Å². The molecule has 0 saturated carbocycles. The van der Waals surface area contributed by atoms with E-state index in [1.54, 1.807) is 0 Å². The second-order valence-electron chi connectivity index (χ2n) is 6.75. The third-order valence-corrected chi connectivity index (χ3v) is 6.31. The molecule has 1 aromatic carbocycles. The molecule has 3 rings (SSSR count). The summed E-state index contributed by atoms with van der Waals surface area (Å²) in [4.78, 5) is 22.9. The standard InChI is InChI=1S/C20H26ClN3OS/c1-3-4-10-23-11-7-12-24(14-13-23)20(25)18-15(2)22-19(26-18)16-8-5-6-9-17(16)21/h5-6,8-9H,3-4,7,10-14H2,1-2H3. The Morgan fingerprint density at radius 2 is 2.04 bits per heavy atom. The number of hydrogen-bond acceptors (Lipinski definition) is 4. The molecule has 0 spiro atoms. The first-order chi connectivity index (χ1) is 12.6. The Labute approximate surface area is 164 Å². The summed E-state index contributed by atoms with van der Waals surface area (Å²) < 4.78 is 0. The number of aromatic nitrogens is 1. The number of benzene rings is 1. The van der Waals surface area contributed by atoms with Crippen molar-refractivity contribution in [2.45, 2.75) is 33.1 Å². The van der Waals surface area contributed by atoms with Crippen molar-refractivity contribution < 1.29 is 4.79 Å². The van der Waals surface area contributed by atoms with Crippen LogP contribution in [-0.2, 0) is 0 Å². The van der Waals surface area contributed by atoms with E-state index in [0.29, 0.717) is 5.02 Å². The van der Waals surface area contributed by atoms with Crippen molar-refractivity contribution >= 4 is 28.8 Å². The second-order valence-corrected chi connectivity index (χ2v) is 8.16. The average molecular weight is 392 g/mol. The van der Waals surface area contributed by atoms with Crippen molar-refractivity contribution in [1.82, 2.24) is 14.8 Å². The summed E-state index contributed by atoms with van der Waals surface area (Å²) in [6, 6.07) is 7.65. The number of carbonyl (C=O) groups excluding carboxylic acids is 1. The first-order valence-corrected chi connectivity index (χ1v) is 10.5. The summed E-state index contributed by atoms with van der Waals surface area (Å²) >= 11 is 7.74. The van der Waals surface area contributed by atoms with E-state index in [4.69, 9.17) is 11.6 Å². The molecule has 2 heterocycles. The molecule has 1 fully saturated rings. The fourth-order valence-electron chi connectivity index (χ4n) is 3.27. The van der Waals surface area contributed by atoms with Crippen LogP contribution in [0.5, 0.6) is 0 Å². The van der Waals surface area contributed by atoms with Crippen molar-refractivity contribution in [3.05, 3.63) is 39.9 Å². The third kappa shape index (κ3) is 4.45. The number of thiazole rings is 1. The summed E-state index contributed by atoms with van der Waals surface area (Å²) in [5, 5.41) is 1.48. The van der Waals surface area contributed by atoms with Crippen LogP contribution in [0.4, 0.5) is 0 Å². The Bertz CT molecular complexity index is 761. The van der Waals surface area contributed by atoms with Crippen LogP contribution in [0.2, 0.25) is 5.02 Å². The van der Waals surface area contributed by atoms with Gasteiger partial charge in [0.1, 0.15) is 9.88 Å². The largest absolute Gasteiger partial charge is 0.337 e. The smallest absolute Gasteiger partial charge is 0.265 e. The Morgan fingerprint density at radius 1 is 1.23 bits per heavy atom. The first kappa shape index (κ1) is 19.3. The molecule has 1 saturated heterocycles. The lowest BCUT2D eigenvalue weighted by Gasteiger charge is -2.21. The zero-order chi connectivity index (χ0) is 18.5. The number of rotatable bonds is 5. The minimum Gasteiger partial charge on any atom is -0.337 e. The molecule has 6 heteroatoms. The van der Waals surface area contributed by atoms with E-state index in [1.165, 1.54) is 24.2 Å². The maximum atomic E-state index is 13.1. The highest BCUT2D eigenvalue weighted by molar-refractivity contribution is 7.17. The number of aryl methyl sites for hydroxylation is 1. The predicted octanol–water partition coefficient (Wildman–Crippen LogP) is 4.72. The van der Waals surface area contributed by atoms with Crippen molar-refractivity contribution in [2.24, 2.45) is 0 Å². The van der Waals surface area contributed by atoms with Gasteiger partial charge >= 0.3 is 0 Å². The van der Waals surface area contributed by atoms with Crippen LogP contribution in [-0.4, -0.2) is 53.4 Å². The molecule has 140 valence electrons. The fourth-order valence-corrected chi connectivity index (χ4v) is 4.62. The molecule has 1 aromatic heterocycles. The SMILES string of the molecule is CCCCN1CCCN(C(=O)c2sc(-c3ccccc3Cl)nc2C)CC1. The Hall–Kier alpha value is -1.43. The predicted molar refractivity (Wildman–Crippen MR) is 109 cm³/mol. The molecule has 4 nitrogen and oxygen atoms in total. The molecule has 1 aliphatic rings. The van der Waals surface area contributed by atoms with E-state index in [-0.39, 0.29) is 5.91 Å². The molecule has 1 amide bonds. The number of unbranched alkanes of at least 4 members (excludes halogenated alkanes) is 1. The average Bonchev–Trinajstić information content (AvgIpc) is 2.87. The molecule has 0 atom stereocenters. The number of amides is 1. The van der Waals surface area contributed by atoms with Gasteiger partial charge in [-0.1, -0.05) is 43.1 Å². The van der Waals surface area contributed by atoms with E-state index in [1.807, 2.05) is 36.1 Å². The van der Waals surface area contributed by atoms with Crippen LogP contribution in [0.1, 0.15) is 41.6 Å². The van der Waals surface area contributed by atoms with Crippen LogP contribution >= 0.6 is 22.9 Å². The molecule has 0 radical (unpaired) electrons. The minimum atomic E-state index is 0.107. The lowest BCUT2D eigenvalue weighted by atomic mass is 10.2. The highest BCUT2D eigenvalue weighted by Crippen LogP contribution is 2.33. The highest BCUT2D eigenvalue weighted by atomic mass is 35.5. The molecule has 0 bridgehead atoms. The number of carbonyl (C=O) groups is 1. The van der Waals surface area contributed by atoms with Gasteiger partial charge in [0.2, 0.25) is 0 Å². The normalized spacial score (nSPS) is 15.9. The molecule has 0 aliphatic carbocycles. The van der Waals surface area contributed by atoms with Crippen molar-refractivity contribution in [3.8, 4) is 10.6 Å². The minimum absolute atomic E-state index is 0.107. The zero-order valence-electron chi connectivity index (χ0n) is 15.5. The molecular weight excluding hydrogens is 366 g/mol. The van der Waals surface area contributed by atoms with Crippen molar-refractivity contribution in [1.29, 1.82) is 0 Å². The topological polar surface area (TPSA) is 36.4 Å². The summed E-state index contributed by atoms with van der Waals surface area (Å²) in [5.41, 5.74) is 1.69. The fraction of sp³-hybridized carbons (Fsp3) is 0.500. The van der Waals surface area contributed by atoms with E-state index in [9.17, 15) is 4.79 Å². The van der Waals surface area contributed by atoms with Gasteiger partial charge in [-0.3, -0.25) is 4.79 Å². The van der Waals surface area contributed by atoms with Crippen molar-refractivity contribution in [2.75, 3.05) is 32.7 Å². The van der Waals surface area contributed by atoms with Gasteiger partial charge in [0, 0.05) is 25.2 Å². The summed E-state index contributed by atoms with van der Waals surface area (Å²) in [5.74, 6) is 0.107. The van der Waals surface area contributed by atoms with E-state index in [0.717, 1.165) is 60.3 Å². The summed E-state index contributed by atoms with van der Waals surface area (Å²) in [6.45, 7) is 8.92. The first-order valence-electron chi connectivity index (χ1n) is 9.34. The zero-order valence-corrected chi connectivity index (χ0v) is 17.1. The van der Waals surface area contributed by atoms with Gasteiger partial charge in [0.15, 0.2) is 0 Å². The van der Waals surface area contributed by atoms with E-state index < -0.39 is 0 Å². The van der Waals surface area contributed by atoms with Crippen LogP contribution < -0.4 is 0 Å². The van der Waals surface area contributed by atoms with Crippen molar-refractivity contribution in [3.63, 3.8) is 0 Å². The van der Waals surface area contributed by atoms with E-state index in [2.05, 4.69) is 16.8 Å². The Kier molecular flexibility index (Phi) is 6.68. The van der Waals surface area contributed by atoms with Gasteiger partial charge in [-0.15, -0.1) is 11.3 Å². The highest BCUT2D eigenvalue weighted by Gasteiger charge is 2.24. The molecule has 2 aromatic rings.